The molecule has 6 aromatic rings. The monoisotopic (exact) mass is 508 g/mol. The molecule has 2 aromatic carbocycles. The maximum Gasteiger partial charge on any atom is 0.307 e. The Bertz CT molecular complexity index is 1810. The summed E-state index contributed by atoms with van der Waals surface area (Å²) >= 11 is 1.52. The molecule has 0 saturated carbocycles. The van der Waals surface area contributed by atoms with Gasteiger partial charge in [-0.25, -0.2) is 15.0 Å². The van der Waals surface area contributed by atoms with Crippen LogP contribution in [-0.2, 0) is 6.54 Å². The molecule has 0 spiro atoms. The van der Waals surface area contributed by atoms with Crippen molar-refractivity contribution in [2.45, 2.75) is 13.5 Å². The number of hydrogen-bond acceptors (Lipinski definition) is 9. The van der Waals surface area contributed by atoms with E-state index in [4.69, 9.17) is 4.98 Å². The fourth-order valence-corrected chi connectivity index (χ4v) is 4.82. The normalized spacial score (nSPS) is 11.2. The number of anilines is 2. The number of para-hydroxylation sites is 1. The van der Waals surface area contributed by atoms with E-state index < -0.39 is 5.91 Å². The number of benzene rings is 2. The van der Waals surface area contributed by atoms with Crippen LogP contribution in [0.25, 0.3) is 31.9 Å². The van der Waals surface area contributed by atoms with Crippen LogP contribution in [0.15, 0.2) is 72.2 Å². The van der Waals surface area contributed by atoms with Gasteiger partial charge in [0.2, 0.25) is 11.7 Å². The number of hydrogen-bond donors (Lipinski definition) is 3. The fraction of sp³-hybridized carbons (Fsp3) is 0.0769. The van der Waals surface area contributed by atoms with Crippen LogP contribution in [-0.4, -0.2) is 36.5 Å². The van der Waals surface area contributed by atoms with Crippen molar-refractivity contribution in [3.63, 3.8) is 0 Å². The second kappa shape index (κ2) is 9.28. The van der Waals surface area contributed by atoms with Crippen LogP contribution in [0.3, 0.4) is 0 Å². The van der Waals surface area contributed by atoms with Gasteiger partial charge in [-0.1, -0.05) is 36.4 Å². The van der Waals surface area contributed by atoms with Gasteiger partial charge in [0.1, 0.15) is 5.82 Å². The van der Waals surface area contributed by atoms with E-state index in [1.165, 1.54) is 22.9 Å². The molecule has 11 heteroatoms. The Morgan fingerprint density at radius 1 is 1.00 bits per heavy atom. The summed E-state index contributed by atoms with van der Waals surface area (Å²) in [6, 6.07) is 19.1. The SMILES string of the molecule is CC(=O)n1nc(NCc2nc(NNC(=O)c3ncc4sccc4n3)cc3ccccc23)c2ccccc21. The molecule has 0 atom stereocenters. The zero-order valence-corrected chi connectivity index (χ0v) is 20.4. The molecule has 3 N–H and O–H groups in total. The Hall–Kier alpha value is -4.90. The maximum absolute atomic E-state index is 12.7. The molecular weight excluding hydrogens is 488 g/mol. The number of hydrazine groups is 1. The molecule has 4 heterocycles. The van der Waals surface area contributed by atoms with Crippen LogP contribution >= 0.6 is 11.3 Å². The van der Waals surface area contributed by atoms with Crippen molar-refractivity contribution in [1.29, 1.82) is 0 Å². The van der Waals surface area contributed by atoms with Gasteiger partial charge < -0.3 is 5.32 Å². The molecule has 37 heavy (non-hydrogen) atoms. The van der Waals surface area contributed by atoms with Crippen LogP contribution in [0.1, 0.15) is 28.0 Å². The van der Waals surface area contributed by atoms with E-state index >= 15 is 0 Å². The van der Waals surface area contributed by atoms with Crippen molar-refractivity contribution < 1.29 is 9.59 Å². The summed E-state index contributed by atoms with van der Waals surface area (Å²) in [6.45, 7) is 1.83. The van der Waals surface area contributed by atoms with Crippen LogP contribution in [0, 0.1) is 0 Å². The first-order valence-electron chi connectivity index (χ1n) is 11.4. The first kappa shape index (κ1) is 22.6. The van der Waals surface area contributed by atoms with E-state index in [2.05, 4.69) is 31.2 Å². The lowest BCUT2D eigenvalue weighted by atomic mass is 10.1. The highest BCUT2D eigenvalue weighted by molar-refractivity contribution is 7.17. The molecule has 0 saturated heterocycles. The summed E-state index contributed by atoms with van der Waals surface area (Å²) in [4.78, 5) is 37.9. The van der Waals surface area contributed by atoms with Gasteiger partial charge in [0.15, 0.2) is 5.82 Å². The Morgan fingerprint density at radius 2 is 1.81 bits per heavy atom. The van der Waals surface area contributed by atoms with E-state index in [9.17, 15) is 9.59 Å². The average molecular weight is 509 g/mol. The second-order valence-corrected chi connectivity index (χ2v) is 9.22. The van der Waals surface area contributed by atoms with Gasteiger partial charge in [-0.15, -0.1) is 16.4 Å². The molecule has 0 aliphatic heterocycles. The first-order chi connectivity index (χ1) is 18.1. The molecule has 4 aromatic heterocycles. The number of nitrogens with zero attached hydrogens (tertiary/aromatic N) is 5. The number of carbonyl (C=O) groups is 2. The van der Waals surface area contributed by atoms with Gasteiger partial charge in [0.05, 0.1) is 28.0 Å². The summed E-state index contributed by atoms with van der Waals surface area (Å²) in [5.74, 6) is 0.471. The number of thiophene rings is 1. The fourth-order valence-electron chi connectivity index (χ4n) is 4.13. The van der Waals surface area contributed by atoms with Crippen molar-refractivity contribution in [3.8, 4) is 0 Å². The highest BCUT2D eigenvalue weighted by Gasteiger charge is 2.15. The number of pyridine rings is 1. The number of aromatic nitrogens is 5. The van der Waals surface area contributed by atoms with Crippen LogP contribution in [0.2, 0.25) is 0 Å². The van der Waals surface area contributed by atoms with Crippen LogP contribution in [0.4, 0.5) is 11.6 Å². The van der Waals surface area contributed by atoms with E-state index in [-0.39, 0.29) is 11.7 Å². The first-order valence-corrected chi connectivity index (χ1v) is 12.3. The molecule has 0 bridgehead atoms. The molecule has 0 aliphatic rings. The predicted octanol–water partition coefficient (Wildman–Crippen LogP) is 4.62. The van der Waals surface area contributed by atoms with E-state index in [1.807, 2.05) is 66.0 Å². The highest BCUT2D eigenvalue weighted by Crippen LogP contribution is 2.25. The molecule has 1 amide bonds. The van der Waals surface area contributed by atoms with Crippen molar-refractivity contribution in [2.75, 3.05) is 10.7 Å². The minimum Gasteiger partial charge on any atom is -0.362 e. The second-order valence-electron chi connectivity index (χ2n) is 8.27. The molecule has 6 rings (SSSR count). The largest absolute Gasteiger partial charge is 0.362 e. The van der Waals surface area contributed by atoms with Crippen molar-refractivity contribution in [2.24, 2.45) is 0 Å². The lowest BCUT2D eigenvalue weighted by molar-refractivity contribution is 0.0924. The Morgan fingerprint density at radius 3 is 2.68 bits per heavy atom. The number of carbonyl (C=O) groups excluding carboxylic acids is 2. The van der Waals surface area contributed by atoms with Gasteiger partial charge in [-0.2, -0.15) is 4.68 Å². The van der Waals surface area contributed by atoms with Gasteiger partial charge in [0.25, 0.3) is 0 Å². The van der Waals surface area contributed by atoms with Gasteiger partial charge in [-0.05, 0) is 35.0 Å². The topological polar surface area (TPSA) is 127 Å². The van der Waals surface area contributed by atoms with E-state index in [0.717, 1.165) is 37.6 Å². The van der Waals surface area contributed by atoms with E-state index in [1.54, 1.807) is 6.20 Å². The Kier molecular flexibility index (Phi) is 5.66. The quantitative estimate of drug-likeness (QED) is 0.278. The summed E-state index contributed by atoms with van der Waals surface area (Å²) < 4.78 is 2.30. The lowest BCUT2D eigenvalue weighted by Crippen LogP contribution is -2.31. The van der Waals surface area contributed by atoms with Crippen LogP contribution < -0.4 is 16.2 Å². The summed E-state index contributed by atoms with van der Waals surface area (Å²) in [7, 11) is 0. The summed E-state index contributed by atoms with van der Waals surface area (Å²) in [6.07, 6.45) is 1.64. The average Bonchev–Trinajstić information content (AvgIpc) is 3.54. The molecule has 0 radical (unpaired) electrons. The van der Waals surface area contributed by atoms with Gasteiger partial charge in [-0.3, -0.25) is 20.4 Å². The molecule has 0 unspecified atom stereocenters. The minimum atomic E-state index is -0.469. The molecule has 182 valence electrons. The minimum absolute atomic E-state index is 0.0639. The molecule has 0 fully saturated rings. The van der Waals surface area contributed by atoms with Gasteiger partial charge in [0, 0.05) is 23.9 Å². The Labute approximate surface area is 214 Å². The number of nitrogens with one attached hydrogen (secondary N) is 3. The van der Waals surface area contributed by atoms with Crippen LogP contribution in [0.5, 0.6) is 0 Å². The van der Waals surface area contributed by atoms with Crippen molar-refractivity contribution in [1.82, 2.24) is 30.2 Å². The highest BCUT2D eigenvalue weighted by atomic mass is 32.1. The lowest BCUT2D eigenvalue weighted by Gasteiger charge is -2.12. The third kappa shape index (κ3) is 4.32. The zero-order valence-electron chi connectivity index (χ0n) is 19.6. The number of amides is 1. The summed E-state index contributed by atoms with van der Waals surface area (Å²) in [5, 5.41) is 12.4. The third-order valence-corrected chi connectivity index (χ3v) is 6.68. The third-order valence-electron chi connectivity index (χ3n) is 5.84. The van der Waals surface area contributed by atoms with Crippen molar-refractivity contribution >= 4 is 66.7 Å². The predicted molar refractivity (Wildman–Crippen MR) is 144 cm³/mol. The van der Waals surface area contributed by atoms with Crippen molar-refractivity contribution in [3.05, 3.63) is 83.8 Å². The maximum atomic E-state index is 12.7. The van der Waals surface area contributed by atoms with Gasteiger partial charge >= 0.3 is 5.91 Å². The molecule has 0 aliphatic carbocycles. The number of rotatable bonds is 6. The molecular formula is C26H20N8O2S. The standard InChI is InChI=1S/C26H20N8O2S/c1-15(35)34-21-9-5-4-8-18(21)24(33-34)27-13-20-17-7-3-2-6-16(17)12-23(29-20)31-32-26(36)25-28-14-22-19(30-25)10-11-37-22/h2-12,14H,13H2,1H3,(H,27,33)(H,29,31)(H,32,36). The smallest absolute Gasteiger partial charge is 0.307 e. The zero-order chi connectivity index (χ0) is 25.4. The molecule has 10 nitrogen and oxygen atoms in total. The van der Waals surface area contributed by atoms with E-state index in [0.29, 0.717) is 18.2 Å². The summed E-state index contributed by atoms with van der Waals surface area (Å²) in [5.41, 5.74) is 7.71. The number of fused-ring (bicyclic) bond motifs is 3. The Balaban J connectivity index is 1.25.